The Kier molecular flexibility index (Phi) is 5.24. The number of halogens is 2. The molecule has 1 aliphatic heterocycles. The van der Waals surface area contributed by atoms with E-state index < -0.39 is 12.0 Å². The minimum atomic E-state index is -0.964. The molecule has 0 saturated heterocycles. The van der Waals surface area contributed by atoms with Gasteiger partial charge in [-0.15, -0.1) is 0 Å². The van der Waals surface area contributed by atoms with Crippen molar-refractivity contribution < 1.29 is 19.0 Å². The third kappa shape index (κ3) is 3.40. The number of carbonyl (C=O) groups excluding carboxylic acids is 1. The van der Waals surface area contributed by atoms with E-state index >= 15 is 0 Å². The summed E-state index contributed by atoms with van der Waals surface area (Å²) in [6, 6.07) is 4.55. The van der Waals surface area contributed by atoms with Crippen molar-refractivity contribution in [2.75, 3.05) is 27.3 Å². The average molecular weight is 462 g/mol. The highest BCUT2D eigenvalue weighted by Crippen LogP contribution is 2.42. The number of hydrogen-bond donors (Lipinski definition) is 3. The Balaban J connectivity index is 1.38. The fourth-order valence-corrected chi connectivity index (χ4v) is 4.79. The zero-order valence-electron chi connectivity index (χ0n) is 17.9. The van der Waals surface area contributed by atoms with Crippen molar-refractivity contribution in [2.45, 2.75) is 37.6 Å². The summed E-state index contributed by atoms with van der Waals surface area (Å²) in [5, 5.41) is 18.8. The summed E-state index contributed by atoms with van der Waals surface area (Å²) in [6.07, 6.45) is 1.45. The molecular formula is C22H25ClFN5O3. The number of benzene rings is 1. The van der Waals surface area contributed by atoms with E-state index in [0.717, 1.165) is 24.1 Å². The number of rotatable bonds is 6. The molecule has 1 aromatic carbocycles. The van der Waals surface area contributed by atoms with Crippen LogP contribution >= 0.6 is 11.6 Å². The summed E-state index contributed by atoms with van der Waals surface area (Å²) in [6.45, 7) is 1.42. The molecule has 32 heavy (non-hydrogen) atoms. The molecule has 8 nitrogen and oxygen atoms in total. The van der Waals surface area contributed by atoms with E-state index in [-0.39, 0.29) is 16.5 Å². The number of carbonyl (C=O) groups is 1. The minimum Gasteiger partial charge on any atom is -0.382 e. The second-order valence-corrected chi connectivity index (χ2v) is 9.06. The number of H-pyrrole nitrogens is 2. The number of fused-ring (bicyclic) bond motifs is 2. The Labute approximate surface area is 189 Å². The number of hydrogen-bond acceptors (Lipinski definition) is 5. The Morgan fingerprint density at radius 2 is 2.25 bits per heavy atom. The summed E-state index contributed by atoms with van der Waals surface area (Å²) >= 11 is 6.08. The van der Waals surface area contributed by atoms with Crippen LogP contribution in [0.2, 0.25) is 5.02 Å². The van der Waals surface area contributed by atoms with Crippen molar-refractivity contribution in [3.8, 4) is 0 Å². The fourth-order valence-electron chi connectivity index (χ4n) is 4.57. The summed E-state index contributed by atoms with van der Waals surface area (Å²) < 4.78 is 19.1. The molecule has 0 radical (unpaired) electrons. The maximum absolute atomic E-state index is 13.8. The van der Waals surface area contributed by atoms with Gasteiger partial charge in [-0.2, -0.15) is 5.10 Å². The normalized spacial score (nSPS) is 18.5. The zero-order valence-corrected chi connectivity index (χ0v) is 18.7. The van der Waals surface area contributed by atoms with Gasteiger partial charge in [-0.3, -0.25) is 14.8 Å². The number of methoxy groups -OCH3 is 1. The minimum absolute atomic E-state index is 0.0222. The molecule has 1 atom stereocenters. The van der Waals surface area contributed by atoms with Gasteiger partial charge in [0.2, 0.25) is 0 Å². The molecule has 3 heterocycles. The number of likely N-dealkylation sites (N-methyl/N-ethyl adjacent to an activating group) is 1. The number of aromatic amines is 2. The third-order valence-corrected chi connectivity index (χ3v) is 7.14. The molecule has 5 rings (SSSR count). The lowest BCUT2D eigenvalue weighted by molar-refractivity contribution is -0.0108. The molecule has 1 amide bonds. The lowest BCUT2D eigenvalue weighted by atomic mass is 10.0. The largest absolute Gasteiger partial charge is 0.382 e. The van der Waals surface area contributed by atoms with Crippen molar-refractivity contribution in [2.24, 2.45) is 0 Å². The molecule has 1 unspecified atom stereocenters. The van der Waals surface area contributed by atoms with Crippen LogP contribution in [0.3, 0.4) is 0 Å². The summed E-state index contributed by atoms with van der Waals surface area (Å²) in [4.78, 5) is 20.0. The van der Waals surface area contributed by atoms with Crippen LogP contribution in [0.5, 0.6) is 0 Å². The van der Waals surface area contributed by atoms with E-state index in [1.54, 1.807) is 31.2 Å². The Hall–Kier alpha value is -2.46. The standard InChI is InChI=1S/C22H25ClFN5O3/c1-28(22(6-7-22)11-32-2)21(31)19-13-10-29(8-5-16(13)26-27-19)20(30)17-9-12-15(25-17)4-3-14(24)18(12)23/h3-4,9,20,25,30H,5-8,10-11H2,1-2H3,(H,26,27). The highest BCUT2D eigenvalue weighted by Gasteiger charge is 2.49. The van der Waals surface area contributed by atoms with E-state index in [9.17, 15) is 14.3 Å². The van der Waals surface area contributed by atoms with E-state index in [1.165, 1.54) is 6.07 Å². The Bertz CT molecular complexity index is 1190. The van der Waals surface area contributed by atoms with Crippen molar-refractivity contribution in [1.29, 1.82) is 0 Å². The van der Waals surface area contributed by atoms with Gasteiger partial charge in [0.25, 0.3) is 5.91 Å². The first-order valence-electron chi connectivity index (χ1n) is 10.6. The van der Waals surface area contributed by atoms with E-state index in [2.05, 4.69) is 15.2 Å². The van der Waals surface area contributed by atoms with Gasteiger partial charge in [-0.05, 0) is 31.0 Å². The molecule has 1 fully saturated rings. The predicted octanol–water partition coefficient (Wildman–Crippen LogP) is 2.98. The van der Waals surface area contributed by atoms with Crippen molar-refractivity contribution in [1.82, 2.24) is 25.0 Å². The number of ether oxygens (including phenoxy) is 1. The van der Waals surface area contributed by atoms with Gasteiger partial charge in [-0.1, -0.05) is 11.6 Å². The smallest absolute Gasteiger partial charge is 0.272 e. The van der Waals surface area contributed by atoms with Gasteiger partial charge in [-0.25, -0.2) is 4.39 Å². The van der Waals surface area contributed by atoms with Crippen LogP contribution in [0.25, 0.3) is 10.9 Å². The number of nitrogens with one attached hydrogen (secondary N) is 2. The first-order valence-corrected chi connectivity index (χ1v) is 10.9. The predicted molar refractivity (Wildman–Crippen MR) is 117 cm³/mol. The molecular weight excluding hydrogens is 437 g/mol. The topological polar surface area (TPSA) is 97.5 Å². The van der Waals surface area contributed by atoms with Gasteiger partial charge in [0.05, 0.1) is 28.6 Å². The number of nitrogens with zero attached hydrogens (tertiary/aromatic N) is 3. The maximum atomic E-state index is 13.8. The molecule has 0 spiro atoms. The van der Waals surface area contributed by atoms with Gasteiger partial charge in [0, 0.05) is 50.1 Å². The van der Waals surface area contributed by atoms with Crippen LogP contribution in [0.15, 0.2) is 18.2 Å². The highest BCUT2D eigenvalue weighted by atomic mass is 35.5. The molecule has 1 aliphatic carbocycles. The molecule has 1 saturated carbocycles. The van der Waals surface area contributed by atoms with E-state index in [4.69, 9.17) is 16.3 Å². The van der Waals surface area contributed by atoms with Crippen LogP contribution in [0.1, 0.15) is 46.5 Å². The molecule has 0 bridgehead atoms. The van der Waals surface area contributed by atoms with Crippen LogP contribution in [0.4, 0.5) is 4.39 Å². The summed E-state index contributed by atoms with van der Waals surface area (Å²) in [5.41, 5.74) is 2.99. The van der Waals surface area contributed by atoms with Gasteiger partial charge < -0.3 is 19.7 Å². The fraction of sp³-hybridized carbons (Fsp3) is 0.455. The Morgan fingerprint density at radius 3 is 2.97 bits per heavy atom. The molecule has 170 valence electrons. The monoisotopic (exact) mass is 461 g/mol. The zero-order chi connectivity index (χ0) is 22.6. The molecule has 2 aliphatic rings. The number of aliphatic hydroxyl groups excluding tert-OH is 1. The second kappa shape index (κ2) is 7.84. The number of aromatic nitrogens is 3. The van der Waals surface area contributed by atoms with E-state index in [1.807, 2.05) is 4.90 Å². The lowest BCUT2D eigenvalue weighted by Gasteiger charge is -2.31. The van der Waals surface area contributed by atoms with E-state index in [0.29, 0.717) is 48.4 Å². The first kappa shape index (κ1) is 21.4. The number of amides is 1. The van der Waals surface area contributed by atoms with Crippen molar-refractivity contribution in [3.05, 3.63) is 51.7 Å². The SMILES string of the molecule is COCC1(N(C)C(=O)c2[nH]nc3c2CN(C(O)c2cc4c(Cl)c(F)ccc4[nH]2)CC3)CC1. The lowest BCUT2D eigenvalue weighted by Crippen LogP contribution is -2.43. The third-order valence-electron chi connectivity index (χ3n) is 6.76. The van der Waals surface area contributed by atoms with Gasteiger partial charge >= 0.3 is 0 Å². The van der Waals surface area contributed by atoms with Gasteiger partial charge in [0.1, 0.15) is 17.7 Å². The molecule has 10 heteroatoms. The van der Waals surface area contributed by atoms with Gasteiger partial charge in [0.15, 0.2) is 0 Å². The Morgan fingerprint density at radius 1 is 1.47 bits per heavy atom. The van der Waals surface area contributed by atoms with Crippen LogP contribution < -0.4 is 0 Å². The van der Waals surface area contributed by atoms with Crippen molar-refractivity contribution >= 4 is 28.4 Å². The number of aliphatic hydroxyl groups is 1. The molecule has 2 aromatic heterocycles. The van der Waals surface area contributed by atoms with Crippen LogP contribution in [-0.2, 0) is 17.7 Å². The van der Waals surface area contributed by atoms with Crippen LogP contribution in [0, 0.1) is 5.82 Å². The first-order chi connectivity index (χ1) is 15.3. The summed E-state index contributed by atoms with van der Waals surface area (Å²) in [5.74, 6) is -0.632. The highest BCUT2D eigenvalue weighted by molar-refractivity contribution is 6.35. The quantitative estimate of drug-likeness (QED) is 0.524. The average Bonchev–Trinajstić information content (AvgIpc) is 3.26. The van der Waals surface area contributed by atoms with Crippen LogP contribution in [-0.4, -0.2) is 68.8 Å². The molecule has 3 aromatic rings. The maximum Gasteiger partial charge on any atom is 0.272 e. The molecule has 3 N–H and O–H groups in total. The second-order valence-electron chi connectivity index (χ2n) is 8.69. The van der Waals surface area contributed by atoms with Crippen molar-refractivity contribution in [3.63, 3.8) is 0 Å². The summed E-state index contributed by atoms with van der Waals surface area (Å²) in [7, 11) is 3.44.